The molecule has 0 saturated heterocycles. The van der Waals surface area contributed by atoms with Gasteiger partial charge >= 0.3 is 0 Å². The summed E-state index contributed by atoms with van der Waals surface area (Å²) in [6, 6.07) is 1.64. The molecular formula is C9H16N2O3S. The van der Waals surface area contributed by atoms with E-state index in [0.29, 0.717) is 0 Å². The highest BCUT2D eigenvalue weighted by molar-refractivity contribution is 7.89. The van der Waals surface area contributed by atoms with Gasteiger partial charge in [0.2, 0.25) is 10.0 Å². The molecule has 1 saturated carbocycles. The minimum absolute atomic E-state index is 0.0181. The molecule has 86 valence electrons. The van der Waals surface area contributed by atoms with Crippen molar-refractivity contribution in [2.75, 3.05) is 18.9 Å². The maximum absolute atomic E-state index is 11.7. The molecule has 15 heavy (non-hydrogen) atoms. The van der Waals surface area contributed by atoms with E-state index < -0.39 is 15.8 Å². The van der Waals surface area contributed by atoms with Gasteiger partial charge in [0, 0.05) is 12.6 Å². The molecule has 0 radical (unpaired) electrons. The van der Waals surface area contributed by atoms with Crippen LogP contribution in [0.1, 0.15) is 25.7 Å². The predicted molar refractivity (Wildman–Crippen MR) is 55.4 cm³/mol. The van der Waals surface area contributed by atoms with Crippen molar-refractivity contribution in [1.29, 1.82) is 5.26 Å². The van der Waals surface area contributed by atoms with Crippen molar-refractivity contribution < 1.29 is 13.5 Å². The number of rotatable bonds is 5. The second-order valence-electron chi connectivity index (χ2n) is 3.69. The van der Waals surface area contributed by atoms with Gasteiger partial charge in [-0.3, -0.25) is 0 Å². The van der Waals surface area contributed by atoms with E-state index in [4.69, 9.17) is 10.4 Å². The van der Waals surface area contributed by atoms with Gasteiger partial charge in [-0.2, -0.15) is 9.57 Å². The summed E-state index contributed by atoms with van der Waals surface area (Å²) >= 11 is 0. The van der Waals surface area contributed by atoms with Crippen LogP contribution in [0, 0.1) is 11.3 Å². The first-order valence-corrected chi connectivity index (χ1v) is 6.70. The topological polar surface area (TPSA) is 81.4 Å². The number of aliphatic hydroxyl groups excluding tert-OH is 1. The normalized spacial score (nSPS) is 18.2. The summed E-state index contributed by atoms with van der Waals surface area (Å²) in [5.41, 5.74) is 0. The third kappa shape index (κ3) is 3.16. The molecule has 1 rings (SSSR count). The molecule has 0 spiro atoms. The van der Waals surface area contributed by atoms with E-state index in [1.54, 1.807) is 6.07 Å². The number of hydrogen-bond donors (Lipinski definition) is 1. The van der Waals surface area contributed by atoms with Crippen molar-refractivity contribution >= 4 is 10.0 Å². The Hall–Kier alpha value is -0.640. The fraction of sp³-hybridized carbons (Fsp3) is 0.889. The molecule has 1 aliphatic rings. The van der Waals surface area contributed by atoms with Gasteiger partial charge in [0.1, 0.15) is 0 Å². The van der Waals surface area contributed by atoms with E-state index in [9.17, 15) is 8.42 Å². The van der Waals surface area contributed by atoms with Crippen molar-refractivity contribution in [2.45, 2.75) is 31.7 Å². The lowest BCUT2D eigenvalue weighted by Gasteiger charge is -2.26. The molecule has 0 aromatic carbocycles. The SMILES string of the molecule is N#CCS(=O)(=O)N(CCO)C1CCCC1. The van der Waals surface area contributed by atoms with Gasteiger partial charge in [0.25, 0.3) is 0 Å². The minimum Gasteiger partial charge on any atom is -0.395 e. The van der Waals surface area contributed by atoms with E-state index in [0.717, 1.165) is 25.7 Å². The molecule has 5 nitrogen and oxygen atoms in total. The number of nitriles is 1. The third-order valence-corrected chi connectivity index (χ3v) is 4.35. The van der Waals surface area contributed by atoms with Crippen LogP contribution in [0.15, 0.2) is 0 Å². The Morgan fingerprint density at radius 3 is 2.47 bits per heavy atom. The Kier molecular flexibility index (Phi) is 4.51. The molecule has 0 unspecified atom stereocenters. The van der Waals surface area contributed by atoms with Crippen molar-refractivity contribution in [3.8, 4) is 6.07 Å². The van der Waals surface area contributed by atoms with Crippen LogP contribution in [-0.4, -0.2) is 42.8 Å². The van der Waals surface area contributed by atoms with E-state index in [1.807, 2.05) is 0 Å². The Labute approximate surface area is 90.4 Å². The third-order valence-electron chi connectivity index (χ3n) is 2.66. The monoisotopic (exact) mass is 232 g/mol. The van der Waals surface area contributed by atoms with Crippen LogP contribution in [0.5, 0.6) is 0 Å². The van der Waals surface area contributed by atoms with Gasteiger partial charge in [0.15, 0.2) is 5.75 Å². The Bertz CT molecular complexity index is 328. The highest BCUT2D eigenvalue weighted by Crippen LogP contribution is 2.25. The van der Waals surface area contributed by atoms with E-state index >= 15 is 0 Å². The lowest BCUT2D eigenvalue weighted by Crippen LogP contribution is -2.41. The number of nitrogens with zero attached hydrogens (tertiary/aromatic N) is 2. The van der Waals surface area contributed by atoms with Crippen LogP contribution < -0.4 is 0 Å². The van der Waals surface area contributed by atoms with Crippen LogP contribution in [0.2, 0.25) is 0 Å². The maximum Gasteiger partial charge on any atom is 0.227 e. The highest BCUT2D eigenvalue weighted by Gasteiger charge is 2.31. The second kappa shape index (κ2) is 5.45. The van der Waals surface area contributed by atoms with Gasteiger partial charge in [-0.1, -0.05) is 12.8 Å². The molecule has 0 aliphatic heterocycles. The van der Waals surface area contributed by atoms with Crippen molar-refractivity contribution in [3.05, 3.63) is 0 Å². The van der Waals surface area contributed by atoms with Crippen molar-refractivity contribution in [3.63, 3.8) is 0 Å². The number of hydrogen-bond acceptors (Lipinski definition) is 4. The summed E-state index contributed by atoms with van der Waals surface area (Å²) in [6.07, 6.45) is 3.72. The minimum atomic E-state index is -3.51. The Morgan fingerprint density at radius 2 is 2.00 bits per heavy atom. The smallest absolute Gasteiger partial charge is 0.227 e. The maximum atomic E-state index is 11.7. The first-order chi connectivity index (χ1) is 7.11. The zero-order chi connectivity index (χ0) is 11.3. The fourth-order valence-corrected chi connectivity index (χ4v) is 3.36. The van der Waals surface area contributed by atoms with Crippen LogP contribution in [0.25, 0.3) is 0 Å². The second-order valence-corrected chi connectivity index (χ2v) is 5.61. The summed E-state index contributed by atoms with van der Waals surface area (Å²) in [4.78, 5) is 0. The average molecular weight is 232 g/mol. The van der Waals surface area contributed by atoms with Gasteiger partial charge in [-0.15, -0.1) is 0 Å². The van der Waals surface area contributed by atoms with Gasteiger partial charge < -0.3 is 5.11 Å². The van der Waals surface area contributed by atoms with Crippen LogP contribution in [0.4, 0.5) is 0 Å². The largest absolute Gasteiger partial charge is 0.395 e. The lowest BCUT2D eigenvalue weighted by molar-refractivity contribution is 0.227. The quantitative estimate of drug-likeness (QED) is 0.727. The van der Waals surface area contributed by atoms with Gasteiger partial charge in [0.05, 0.1) is 12.7 Å². The van der Waals surface area contributed by atoms with Gasteiger partial charge in [-0.05, 0) is 12.8 Å². The van der Waals surface area contributed by atoms with Crippen molar-refractivity contribution in [1.82, 2.24) is 4.31 Å². The highest BCUT2D eigenvalue weighted by atomic mass is 32.2. The standard InChI is InChI=1S/C9H16N2O3S/c10-5-8-15(13,14)11(6-7-12)9-3-1-2-4-9/h9,12H,1-4,6-8H2. The molecule has 0 aromatic heterocycles. The van der Waals surface area contributed by atoms with Crippen LogP contribution in [0.3, 0.4) is 0 Å². The molecule has 1 aliphatic carbocycles. The fourth-order valence-electron chi connectivity index (χ4n) is 2.00. The van der Waals surface area contributed by atoms with Gasteiger partial charge in [-0.25, -0.2) is 8.42 Å². The molecular weight excluding hydrogens is 216 g/mol. The van der Waals surface area contributed by atoms with E-state index in [2.05, 4.69) is 0 Å². The first-order valence-electron chi connectivity index (χ1n) is 5.09. The molecule has 0 heterocycles. The van der Waals surface area contributed by atoms with Crippen molar-refractivity contribution in [2.24, 2.45) is 0 Å². The molecule has 0 atom stereocenters. The predicted octanol–water partition coefficient (Wildman–Crippen LogP) is 0.0767. The summed E-state index contributed by atoms with van der Waals surface area (Å²) in [6.45, 7) is -0.0875. The summed E-state index contributed by atoms with van der Waals surface area (Å²) in [7, 11) is -3.51. The summed E-state index contributed by atoms with van der Waals surface area (Å²) < 4.78 is 24.7. The summed E-state index contributed by atoms with van der Waals surface area (Å²) in [5, 5.41) is 17.3. The molecule has 1 fully saturated rings. The summed E-state index contributed by atoms with van der Waals surface area (Å²) in [5.74, 6) is -0.497. The molecule has 0 amide bonds. The molecule has 1 N–H and O–H groups in total. The number of aliphatic hydroxyl groups is 1. The Balaban J connectivity index is 2.77. The Morgan fingerprint density at radius 1 is 1.40 bits per heavy atom. The molecule has 6 heteroatoms. The molecule has 0 bridgehead atoms. The first kappa shape index (κ1) is 12.4. The van der Waals surface area contributed by atoms with Crippen LogP contribution >= 0.6 is 0 Å². The van der Waals surface area contributed by atoms with Crippen LogP contribution in [-0.2, 0) is 10.0 Å². The zero-order valence-electron chi connectivity index (χ0n) is 8.59. The average Bonchev–Trinajstić information content (AvgIpc) is 2.66. The lowest BCUT2D eigenvalue weighted by atomic mass is 10.2. The van der Waals surface area contributed by atoms with E-state index in [-0.39, 0.29) is 19.2 Å². The number of sulfonamides is 1. The van der Waals surface area contributed by atoms with E-state index in [1.165, 1.54) is 4.31 Å². The molecule has 0 aromatic rings. The zero-order valence-corrected chi connectivity index (χ0v) is 9.41.